The Balaban J connectivity index is 2.21. The predicted molar refractivity (Wildman–Crippen MR) is 69.4 cm³/mol. The van der Waals surface area contributed by atoms with Crippen LogP contribution in [-0.4, -0.2) is 29.7 Å². The van der Waals surface area contributed by atoms with E-state index in [1.54, 1.807) is 7.11 Å². The van der Waals surface area contributed by atoms with Crippen molar-refractivity contribution in [1.29, 1.82) is 0 Å². The molecule has 0 aliphatic carbocycles. The lowest BCUT2D eigenvalue weighted by molar-refractivity contribution is 0.0499. The van der Waals surface area contributed by atoms with Gasteiger partial charge in [0.1, 0.15) is 11.9 Å². The van der Waals surface area contributed by atoms with E-state index in [1.807, 2.05) is 13.0 Å². The fourth-order valence-electron chi connectivity index (χ4n) is 2.15. The summed E-state index contributed by atoms with van der Waals surface area (Å²) in [6.07, 6.45) is 2.38. The maximum Gasteiger partial charge on any atom is 0.159 e. The molecule has 1 saturated heterocycles. The van der Waals surface area contributed by atoms with Gasteiger partial charge < -0.3 is 14.8 Å². The molecule has 2 atom stereocenters. The fourth-order valence-corrected chi connectivity index (χ4v) is 2.15. The minimum absolute atomic E-state index is 0.0224. The Kier molecular flexibility index (Phi) is 4.49. The van der Waals surface area contributed by atoms with Gasteiger partial charge in [-0.15, -0.1) is 0 Å². The molecule has 5 heteroatoms. The number of rotatable bonds is 5. The molecular weight excluding hydrogens is 230 g/mol. The van der Waals surface area contributed by atoms with Crippen LogP contribution in [0.25, 0.3) is 0 Å². The second-order valence-corrected chi connectivity index (χ2v) is 4.58. The first-order valence-corrected chi connectivity index (χ1v) is 6.49. The monoisotopic (exact) mass is 251 g/mol. The van der Waals surface area contributed by atoms with E-state index in [9.17, 15) is 0 Å². The lowest BCUT2D eigenvalue weighted by Gasteiger charge is -2.13. The van der Waals surface area contributed by atoms with Gasteiger partial charge in [0.15, 0.2) is 5.82 Å². The average Bonchev–Trinajstić information content (AvgIpc) is 2.76. The third-order valence-electron chi connectivity index (χ3n) is 2.97. The van der Waals surface area contributed by atoms with Gasteiger partial charge in [-0.1, -0.05) is 0 Å². The lowest BCUT2D eigenvalue weighted by atomic mass is 10.2. The van der Waals surface area contributed by atoms with Gasteiger partial charge in [-0.2, -0.15) is 0 Å². The quantitative estimate of drug-likeness (QED) is 0.870. The molecule has 1 aromatic rings. The van der Waals surface area contributed by atoms with Crippen LogP contribution in [0.4, 0.5) is 5.82 Å². The van der Waals surface area contributed by atoms with Crippen molar-refractivity contribution < 1.29 is 9.47 Å². The maximum atomic E-state index is 5.82. The first-order valence-electron chi connectivity index (χ1n) is 6.49. The van der Waals surface area contributed by atoms with Gasteiger partial charge >= 0.3 is 0 Å². The second-order valence-electron chi connectivity index (χ2n) is 4.58. The highest BCUT2D eigenvalue weighted by Gasteiger charge is 2.26. The van der Waals surface area contributed by atoms with E-state index in [0.29, 0.717) is 12.7 Å². The summed E-state index contributed by atoms with van der Waals surface area (Å²) in [7, 11) is 1.67. The Morgan fingerprint density at radius 1 is 1.44 bits per heavy atom. The lowest BCUT2D eigenvalue weighted by Crippen LogP contribution is -2.11. The van der Waals surface area contributed by atoms with Crippen molar-refractivity contribution in [1.82, 2.24) is 9.97 Å². The molecule has 1 N–H and O–H groups in total. The topological polar surface area (TPSA) is 56.3 Å². The SMILES string of the molecule is CCNc1cc(COC)nc(C2CCC(C)O2)n1. The molecule has 1 aliphatic heterocycles. The average molecular weight is 251 g/mol. The van der Waals surface area contributed by atoms with Gasteiger partial charge in [-0.05, 0) is 26.7 Å². The van der Waals surface area contributed by atoms with Crippen LogP contribution in [0.2, 0.25) is 0 Å². The number of nitrogens with zero attached hydrogens (tertiary/aromatic N) is 2. The van der Waals surface area contributed by atoms with Crippen molar-refractivity contribution in [2.45, 2.75) is 45.5 Å². The first kappa shape index (κ1) is 13.2. The summed E-state index contributed by atoms with van der Waals surface area (Å²) in [5, 5.41) is 3.22. The molecule has 0 aromatic carbocycles. The smallest absolute Gasteiger partial charge is 0.159 e. The summed E-state index contributed by atoms with van der Waals surface area (Å²) in [5.41, 5.74) is 0.890. The highest BCUT2D eigenvalue weighted by atomic mass is 16.5. The molecule has 5 nitrogen and oxygen atoms in total. The molecule has 100 valence electrons. The van der Waals surface area contributed by atoms with Crippen LogP contribution in [0.3, 0.4) is 0 Å². The number of nitrogens with one attached hydrogen (secondary N) is 1. The molecule has 0 bridgehead atoms. The van der Waals surface area contributed by atoms with E-state index >= 15 is 0 Å². The summed E-state index contributed by atoms with van der Waals surface area (Å²) in [5.74, 6) is 1.61. The highest BCUT2D eigenvalue weighted by Crippen LogP contribution is 2.31. The van der Waals surface area contributed by atoms with Gasteiger partial charge in [-0.25, -0.2) is 9.97 Å². The summed E-state index contributed by atoms with van der Waals surface area (Å²) in [6, 6.07) is 1.93. The molecule has 1 aliphatic rings. The fraction of sp³-hybridized carbons (Fsp3) is 0.692. The van der Waals surface area contributed by atoms with Crippen LogP contribution in [0.1, 0.15) is 44.3 Å². The van der Waals surface area contributed by atoms with Crippen molar-refractivity contribution in [2.75, 3.05) is 19.0 Å². The van der Waals surface area contributed by atoms with E-state index in [1.165, 1.54) is 0 Å². The molecule has 0 saturated carbocycles. The Hall–Kier alpha value is -1.20. The summed E-state index contributed by atoms with van der Waals surface area (Å²) < 4.78 is 11.0. The minimum atomic E-state index is 0.0224. The number of hydrogen-bond donors (Lipinski definition) is 1. The zero-order valence-corrected chi connectivity index (χ0v) is 11.3. The zero-order chi connectivity index (χ0) is 13.0. The van der Waals surface area contributed by atoms with E-state index in [2.05, 4.69) is 22.2 Å². The van der Waals surface area contributed by atoms with Crippen LogP contribution >= 0.6 is 0 Å². The maximum absolute atomic E-state index is 5.82. The third-order valence-corrected chi connectivity index (χ3v) is 2.97. The Morgan fingerprint density at radius 3 is 2.89 bits per heavy atom. The van der Waals surface area contributed by atoms with Crippen LogP contribution in [0, 0.1) is 0 Å². The molecule has 1 aromatic heterocycles. The molecular formula is C13H21N3O2. The Bertz CT molecular complexity index is 374. The Morgan fingerprint density at radius 2 is 2.28 bits per heavy atom. The Labute approximate surface area is 108 Å². The van der Waals surface area contributed by atoms with E-state index in [4.69, 9.17) is 9.47 Å². The summed E-state index contributed by atoms with van der Waals surface area (Å²) >= 11 is 0. The van der Waals surface area contributed by atoms with Gasteiger partial charge in [0, 0.05) is 19.7 Å². The van der Waals surface area contributed by atoms with E-state index < -0.39 is 0 Å². The van der Waals surface area contributed by atoms with Gasteiger partial charge in [0.05, 0.1) is 18.4 Å². The van der Waals surface area contributed by atoms with Crippen molar-refractivity contribution in [3.05, 3.63) is 17.6 Å². The van der Waals surface area contributed by atoms with Gasteiger partial charge in [-0.3, -0.25) is 0 Å². The van der Waals surface area contributed by atoms with Crippen LogP contribution in [-0.2, 0) is 16.1 Å². The second kappa shape index (κ2) is 6.11. The van der Waals surface area contributed by atoms with Crippen LogP contribution in [0.5, 0.6) is 0 Å². The minimum Gasteiger partial charge on any atom is -0.378 e. The zero-order valence-electron chi connectivity index (χ0n) is 11.3. The van der Waals surface area contributed by atoms with E-state index in [0.717, 1.165) is 36.7 Å². The molecule has 18 heavy (non-hydrogen) atoms. The normalized spacial score (nSPS) is 23.3. The van der Waals surface area contributed by atoms with Crippen LogP contribution in [0.15, 0.2) is 6.07 Å². The summed E-state index contributed by atoms with van der Waals surface area (Å²) in [4.78, 5) is 9.04. The first-order chi connectivity index (χ1) is 8.72. The standard InChI is InChI=1S/C13H21N3O2/c1-4-14-12-7-10(8-17-3)15-13(16-12)11-6-5-9(2)18-11/h7,9,11H,4-6,8H2,1-3H3,(H,14,15,16). The molecule has 0 amide bonds. The molecule has 2 rings (SSSR count). The molecule has 0 spiro atoms. The van der Waals surface area contributed by atoms with Gasteiger partial charge in [0.25, 0.3) is 0 Å². The number of ether oxygens (including phenoxy) is 2. The van der Waals surface area contributed by atoms with Crippen molar-refractivity contribution in [3.8, 4) is 0 Å². The molecule has 2 unspecified atom stereocenters. The molecule has 0 radical (unpaired) electrons. The molecule has 2 heterocycles. The van der Waals surface area contributed by atoms with Crippen molar-refractivity contribution in [2.24, 2.45) is 0 Å². The summed E-state index contributed by atoms with van der Waals surface area (Å²) in [6.45, 7) is 5.47. The van der Waals surface area contributed by atoms with Crippen molar-refractivity contribution >= 4 is 5.82 Å². The number of methoxy groups -OCH3 is 1. The van der Waals surface area contributed by atoms with Crippen LogP contribution < -0.4 is 5.32 Å². The highest BCUT2D eigenvalue weighted by molar-refractivity contribution is 5.36. The largest absolute Gasteiger partial charge is 0.378 e. The number of hydrogen-bond acceptors (Lipinski definition) is 5. The van der Waals surface area contributed by atoms with Gasteiger partial charge in [0.2, 0.25) is 0 Å². The van der Waals surface area contributed by atoms with Crippen molar-refractivity contribution in [3.63, 3.8) is 0 Å². The van der Waals surface area contributed by atoms with E-state index in [-0.39, 0.29) is 6.10 Å². The number of aromatic nitrogens is 2. The third kappa shape index (κ3) is 3.17. The number of anilines is 1. The molecule has 1 fully saturated rings. The predicted octanol–water partition coefficient (Wildman–Crippen LogP) is 2.29.